The third-order valence-corrected chi connectivity index (χ3v) is 4.96. The zero-order chi connectivity index (χ0) is 17.1. The van der Waals surface area contributed by atoms with Crippen LogP contribution in [-0.4, -0.2) is 58.1 Å². The number of benzene rings is 1. The Kier molecular flexibility index (Phi) is 9.48. The van der Waals surface area contributed by atoms with Gasteiger partial charge in [-0.15, -0.1) is 24.8 Å². The molecule has 1 aromatic rings. The van der Waals surface area contributed by atoms with Crippen LogP contribution in [0.1, 0.15) is 26.3 Å². The van der Waals surface area contributed by atoms with Crippen LogP contribution < -0.4 is 15.1 Å². The third-order valence-electron chi connectivity index (χ3n) is 4.96. The summed E-state index contributed by atoms with van der Waals surface area (Å²) in [6, 6.07) is 7.36. The van der Waals surface area contributed by atoms with E-state index < -0.39 is 0 Å². The lowest BCUT2D eigenvalue weighted by Gasteiger charge is -2.39. The molecule has 26 heavy (non-hydrogen) atoms. The first-order chi connectivity index (χ1) is 11.6. The van der Waals surface area contributed by atoms with E-state index in [-0.39, 0.29) is 37.0 Å². The molecule has 0 aliphatic carbocycles. The molecule has 2 heterocycles. The van der Waals surface area contributed by atoms with Gasteiger partial charge in [-0.05, 0) is 39.0 Å². The van der Waals surface area contributed by atoms with E-state index >= 15 is 0 Å². The highest BCUT2D eigenvalue weighted by molar-refractivity contribution is 5.85. The van der Waals surface area contributed by atoms with Crippen molar-refractivity contribution in [2.45, 2.75) is 45.6 Å². The van der Waals surface area contributed by atoms with Gasteiger partial charge >= 0.3 is 0 Å². The highest BCUT2D eigenvalue weighted by Gasteiger charge is 2.25. The molecule has 1 aromatic carbocycles. The number of anilines is 2. The highest BCUT2D eigenvalue weighted by atomic mass is 35.5. The average molecular weight is 406 g/mol. The number of piperazine rings is 1. The number of morpholine rings is 1. The molecule has 2 saturated heterocycles. The fourth-order valence-corrected chi connectivity index (χ4v) is 3.93. The van der Waals surface area contributed by atoms with Crippen LogP contribution in [0, 0.1) is 0 Å². The molecule has 0 spiro atoms. The molecule has 0 aromatic heterocycles. The van der Waals surface area contributed by atoms with Gasteiger partial charge in [0.1, 0.15) is 0 Å². The lowest BCUT2D eigenvalue weighted by atomic mass is 10.1. The van der Waals surface area contributed by atoms with Gasteiger partial charge in [-0.3, -0.25) is 0 Å². The number of methoxy groups -OCH3 is 1. The Morgan fingerprint density at radius 1 is 1.15 bits per heavy atom. The number of nitrogens with one attached hydrogen (secondary N) is 1. The van der Waals surface area contributed by atoms with Crippen LogP contribution in [0.5, 0.6) is 0 Å². The molecule has 150 valence electrons. The minimum atomic E-state index is 0. The molecule has 5 nitrogen and oxygen atoms in total. The zero-order valence-electron chi connectivity index (χ0n) is 16.2. The van der Waals surface area contributed by atoms with E-state index in [0.717, 1.165) is 32.7 Å². The van der Waals surface area contributed by atoms with Crippen molar-refractivity contribution >= 4 is 36.2 Å². The summed E-state index contributed by atoms with van der Waals surface area (Å²) in [7, 11) is 1.77. The van der Waals surface area contributed by atoms with Gasteiger partial charge in [0, 0.05) is 62.8 Å². The standard InChI is InChI=1S/C19H31N3O2.2ClH/c1-14-10-20-7-8-22(14)18-5-6-19(17(9-18)13-23-4)21-11-15(2)24-16(3)12-21;;/h5-6,9,14-16,20H,7-8,10-13H2,1-4H3;2*1H/t14-,15-,16+;;/m0../s1. The summed E-state index contributed by atoms with van der Waals surface area (Å²) in [6.07, 6.45) is 0.522. The van der Waals surface area contributed by atoms with Gasteiger partial charge in [0.05, 0.1) is 18.8 Å². The Labute approximate surface area is 170 Å². The SMILES string of the molecule is COCc1cc(N2CCNC[C@@H]2C)ccc1N1C[C@@H](C)O[C@@H](C)C1.Cl.Cl. The molecule has 0 unspecified atom stereocenters. The molecular weight excluding hydrogens is 373 g/mol. The quantitative estimate of drug-likeness (QED) is 0.832. The van der Waals surface area contributed by atoms with E-state index in [0.29, 0.717) is 12.6 Å². The topological polar surface area (TPSA) is 37.0 Å². The molecule has 0 radical (unpaired) electrons. The molecule has 3 rings (SSSR count). The molecule has 7 heteroatoms. The van der Waals surface area contributed by atoms with Crippen molar-refractivity contribution in [2.24, 2.45) is 0 Å². The summed E-state index contributed by atoms with van der Waals surface area (Å²) in [5.41, 5.74) is 3.85. The van der Waals surface area contributed by atoms with Crippen molar-refractivity contribution in [1.82, 2.24) is 5.32 Å². The number of hydrogen-bond acceptors (Lipinski definition) is 5. The summed E-state index contributed by atoms with van der Waals surface area (Å²) < 4.78 is 11.4. The van der Waals surface area contributed by atoms with Gasteiger partial charge in [-0.25, -0.2) is 0 Å². The number of rotatable bonds is 4. The van der Waals surface area contributed by atoms with E-state index in [2.05, 4.69) is 54.1 Å². The largest absolute Gasteiger partial charge is 0.380 e. The predicted molar refractivity (Wildman–Crippen MR) is 114 cm³/mol. The van der Waals surface area contributed by atoms with Crippen molar-refractivity contribution in [3.63, 3.8) is 0 Å². The molecule has 3 atom stereocenters. The Morgan fingerprint density at radius 3 is 2.46 bits per heavy atom. The number of halogens is 2. The van der Waals surface area contributed by atoms with E-state index in [1.165, 1.54) is 16.9 Å². The number of nitrogens with zero attached hydrogens (tertiary/aromatic N) is 2. The second-order valence-corrected chi connectivity index (χ2v) is 7.15. The van der Waals surface area contributed by atoms with E-state index in [1.54, 1.807) is 7.11 Å². The van der Waals surface area contributed by atoms with Crippen molar-refractivity contribution < 1.29 is 9.47 Å². The van der Waals surface area contributed by atoms with Gasteiger partial charge < -0.3 is 24.6 Å². The second-order valence-electron chi connectivity index (χ2n) is 7.15. The van der Waals surface area contributed by atoms with Gasteiger partial charge in [-0.1, -0.05) is 0 Å². The maximum absolute atomic E-state index is 5.88. The molecule has 2 fully saturated rings. The number of hydrogen-bond donors (Lipinski definition) is 1. The Balaban J connectivity index is 0.00000169. The van der Waals surface area contributed by atoms with Crippen LogP contribution in [0.15, 0.2) is 18.2 Å². The highest BCUT2D eigenvalue weighted by Crippen LogP contribution is 2.30. The van der Waals surface area contributed by atoms with E-state index in [4.69, 9.17) is 9.47 Å². The fraction of sp³-hybridized carbons (Fsp3) is 0.684. The van der Waals surface area contributed by atoms with E-state index in [9.17, 15) is 0 Å². The Bertz CT molecular complexity index is 552. The number of ether oxygens (including phenoxy) is 2. The van der Waals surface area contributed by atoms with Crippen LogP contribution in [0.2, 0.25) is 0 Å². The monoisotopic (exact) mass is 405 g/mol. The Morgan fingerprint density at radius 2 is 1.85 bits per heavy atom. The van der Waals surface area contributed by atoms with Gasteiger partial charge in [-0.2, -0.15) is 0 Å². The first-order valence-corrected chi connectivity index (χ1v) is 9.08. The van der Waals surface area contributed by atoms with Crippen molar-refractivity contribution in [3.8, 4) is 0 Å². The van der Waals surface area contributed by atoms with Crippen LogP contribution in [0.25, 0.3) is 0 Å². The molecule has 1 N–H and O–H groups in total. The van der Waals surface area contributed by atoms with Crippen LogP contribution >= 0.6 is 24.8 Å². The first-order valence-electron chi connectivity index (χ1n) is 9.08. The minimum Gasteiger partial charge on any atom is -0.380 e. The van der Waals surface area contributed by atoms with Gasteiger partial charge in [0.25, 0.3) is 0 Å². The fourth-order valence-electron chi connectivity index (χ4n) is 3.93. The summed E-state index contributed by atoms with van der Waals surface area (Å²) in [6.45, 7) is 12.2. The van der Waals surface area contributed by atoms with Crippen molar-refractivity contribution in [1.29, 1.82) is 0 Å². The maximum Gasteiger partial charge on any atom is 0.0734 e. The first kappa shape index (κ1) is 23.3. The molecule has 0 saturated carbocycles. The van der Waals surface area contributed by atoms with Crippen LogP contribution in [0.4, 0.5) is 11.4 Å². The average Bonchev–Trinajstić information content (AvgIpc) is 2.54. The normalized spacial score (nSPS) is 26.1. The van der Waals surface area contributed by atoms with Crippen LogP contribution in [-0.2, 0) is 16.1 Å². The van der Waals surface area contributed by atoms with Crippen LogP contribution in [0.3, 0.4) is 0 Å². The summed E-state index contributed by atoms with van der Waals surface area (Å²) >= 11 is 0. The molecular formula is C19H33Cl2N3O2. The molecule has 2 aliphatic rings. The van der Waals surface area contributed by atoms with Gasteiger partial charge in [0.2, 0.25) is 0 Å². The summed E-state index contributed by atoms with van der Waals surface area (Å²) in [5, 5.41) is 3.46. The minimum absolute atomic E-state index is 0. The smallest absolute Gasteiger partial charge is 0.0734 e. The molecule has 2 aliphatic heterocycles. The van der Waals surface area contributed by atoms with Crippen molar-refractivity contribution in [3.05, 3.63) is 23.8 Å². The predicted octanol–water partition coefficient (Wildman–Crippen LogP) is 3.09. The second kappa shape index (κ2) is 10.6. The third kappa shape index (κ3) is 5.40. The molecule has 0 amide bonds. The maximum atomic E-state index is 5.88. The lowest BCUT2D eigenvalue weighted by molar-refractivity contribution is -0.00533. The summed E-state index contributed by atoms with van der Waals surface area (Å²) in [5.74, 6) is 0. The molecule has 0 bridgehead atoms. The lowest BCUT2D eigenvalue weighted by Crippen LogP contribution is -2.50. The summed E-state index contributed by atoms with van der Waals surface area (Å²) in [4.78, 5) is 4.93. The van der Waals surface area contributed by atoms with Crippen molar-refractivity contribution in [2.75, 3.05) is 49.6 Å². The zero-order valence-corrected chi connectivity index (χ0v) is 17.9. The van der Waals surface area contributed by atoms with Gasteiger partial charge in [0.15, 0.2) is 0 Å². The van der Waals surface area contributed by atoms with E-state index in [1.807, 2.05) is 0 Å². The Hall–Kier alpha value is -0.720.